The number of nitrogens with zero attached hydrogens (tertiary/aromatic N) is 3. The fourth-order valence-corrected chi connectivity index (χ4v) is 2.03. The summed E-state index contributed by atoms with van der Waals surface area (Å²) in [6, 6.07) is -1.06. The molecule has 8 heteroatoms. The van der Waals surface area contributed by atoms with Crippen LogP contribution in [0.5, 0.6) is 0 Å². The van der Waals surface area contributed by atoms with Crippen LogP contribution in [-0.4, -0.2) is 34.9 Å². The first-order valence-corrected chi connectivity index (χ1v) is 5.99. The van der Waals surface area contributed by atoms with Crippen LogP contribution in [0.15, 0.2) is 5.11 Å². The van der Waals surface area contributed by atoms with Crippen molar-refractivity contribution in [3.8, 4) is 0 Å². The fourth-order valence-electron chi connectivity index (χ4n) is 2.03. The molecule has 106 valence electrons. The molecule has 0 aromatic heterocycles. The number of nitrogens with one attached hydrogen (secondary N) is 1. The van der Waals surface area contributed by atoms with Crippen LogP contribution in [0.4, 0.5) is 4.79 Å². The second kappa shape index (κ2) is 5.79. The molecule has 0 saturated heterocycles. The van der Waals surface area contributed by atoms with Crippen molar-refractivity contribution in [2.75, 3.05) is 0 Å². The Balaban J connectivity index is 2.66. The monoisotopic (exact) mass is 270 g/mol. The van der Waals surface area contributed by atoms with Gasteiger partial charge in [-0.3, -0.25) is 4.79 Å². The van der Waals surface area contributed by atoms with Crippen LogP contribution in [0.2, 0.25) is 0 Å². The predicted molar refractivity (Wildman–Crippen MR) is 66.5 cm³/mol. The lowest BCUT2D eigenvalue weighted by molar-refractivity contribution is -0.141. The lowest BCUT2D eigenvalue weighted by Gasteiger charge is -2.23. The highest BCUT2D eigenvalue weighted by Gasteiger charge is 2.38. The molecule has 1 fully saturated rings. The van der Waals surface area contributed by atoms with Crippen LogP contribution >= 0.6 is 0 Å². The number of azide groups is 1. The number of ether oxygens (including phenoxy) is 1. The molecule has 0 spiro atoms. The molecule has 1 aliphatic rings. The molecule has 8 nitrogen and oxygen atoms in total. The van der Waals surface area contributed by atoms with Crippen LogP contribution in [0, 0.1) is 5.92 Å². The number of rotatable bonds is 3. The summed E-state index contributed by atoms with van der Waals surface area (Å²) in [4.78, 5) is 25.2. The summed E-state index contributed by atoms with van der Waals surface area (Å²) in [6.45, 7) is 5.19. The third kappa shape index (κ3) is 4.67. The molecule has 0 heterocycles. The van der Waals surface area contributed by atoms with Gasteiger partial charge in [-0.05, 0) is 39.1 Å². The Morgan fingerprint density at radius 1 is 1.42 bits per heavy atom. The maximum atomic E-state index is 11.6. The summed E-state index contributed by atoms with van der Waals surface area (Å²) >= 11 is 0. The second-order valence-corrected chi connectivity index (χ2v) is 5.53. The predicted octanol–water partition coefficient (Wildman–Crippen LogP) is 2.05. The van der Waals surface area contributed by atoms with Gasteiger partial charge in [0.15, 0.2) is 0 Å². The SMILES string of the molecule is CC(C)(C)OC(=O)N[C@@H]1CC(C(=O)O)C[C@@H]1N=[N+]=[N-]. The minimum absolute atomic E-state index is 0.222. The van der Waals surface area contributed by atoms with Crippen molar-refractivity contribution in [3.63, 3.8) is 0 Å². The summed E-state index contributed by atoms with van der Waals surface area (Å²) in [6.07, 6.45) is -0.181. The molecule has 0 aromatic rings. The van der Waals surface area contributed by atoms with Gasteiger partial charge in [-0.2, -0.15) is 0 Å². The molecule has 1 rings (SSSR count). The second-order valence-electron chi connectivity index (χ2n) is 5.53. The lowest BCUT2D eigenvalue weighted by Crippen LogP contribution is -2.42. The van der Waals surface area contributed by atoms with Crippen LogP contribution < -0.4 is 5.32 Å². The van der Waals surface area contributed by atoms with Gasteiger partial charge in [0, 0.05) is 11.0 Å². The number of carbonyl (C=O) groups excluding carboxylic acids is 1. The number of hydrogen-bond acceptors (Lipinski definition) is 4. The normalized spacial score (nSPS) is 26.4. The quantitative estimate of drug-likeness (QED) is 0.462. The Morgan fingerprint density at radius 3 is 2.53 bits per heavy atom. The molecule has 1 amide bonds. The highest BCUT2D eigenvalue weighted by Crippen LogP contribution is 2.29. The van der Waals surface area contributed by atoms with E-state index in [-0.39, 0.29) is 12.8 Å². The molecule has 0 radical (unpaired) electrons. The van der Waals surface area contributed by atoms with Crippen LogP contribution in [0.1, 0.15) is 33.6 Å². The summed E-state index contributed by atoms with van der Waals surface area (Å²) in [7, 11) is 0. The zero-order chi connectivity index (χ0) is 14.6. The van der Waals surface area contributed by atoms with Crippen LogP contribution in [0.3, 0.4) is 0 Å². The minimum Gasteiger partial charge on any atom is -0.481 e. The lowest BCUT2D eigenvalue weighted by atomic mass is 10.1. The first-order chi connectivity index (χ1) is 8.73. The van der Waals surface area contributed by atoms with Crippen molar-refractivity contribution >= 4 is 12.1 Å². The fraction of sp³-hybridized carbons (Fsp3) is 0.818. The number of hydrogen-bond donors (Lipinski definition) is 2. The molecule has 3 atom stereocenters. The number of amides is 1. The van der Waals surface area contributed by atoms with E-state index in [0.717, 1.165) is 0 Å². The zero-order valence-corrected chi connectivity index (χ0v) is 11.2. The molecular weight excluding hydrogens is 252 g/mol. The number of carboxylic acids is 1. The van der Waals surface area contributed by atoms with E-state index in [2.05, 4.69) is 15.3 Å². The molecule has 1 aliphatic carbocycles. The van der Waals surface area contributed by atoms with E-state index in [1.165, 1.54) is 0 Å². The van der Waals surface area contributed by atoms with Crippen LogP contribution in [0.25, 0.3) is 10.4 Å². The van der Waals surface area contributed by atoms with Crippen molar-refractivity contribution in [1.29, 1.82) is 0 Å². The summed E-state index contributed by atoms with van der Waals surface area (Å²) in [5, 5.41) is 15.1. The summed E-state index contributed by atoms with van der Waals surface area (Å²) in [5.41, 5.74) is 7.82. The van der Waals surface area contributed by atoms with E-state index in [1.54, 1.807) is 20.8 Å². The van der Waals surface area contributed by atoms with Gasteiger partial charge >= 0.3 is 12.1 Å². The Hall–Kier alpha value is -1.95. The van der Waals surface area contributed by atoms with Gasteiger partial charge in [0.2, 0.25) is 0 Å². The maximum Gasteiger partial charge on any atom is 0.407 e. The Morgan fingerprint density at radius 2 is 2.05 bits per heavy atom. The molecule has 1 unspecified atom stereocenters. The van der Waals surface area contributed by atoms with E-state index in [4.69, 9.17) is 15.4 Å². The van der Waals surface area contributed by atoms with Crippen LogP contribution in [-0.2, 0) is 9.53 Å². The van der Waals surface area contributed by atoms with E-state index >= 15 is 0 Å². The summed E-state index contributed by atoms with van der Waals surface area (Å²) < 4.78 is 5.09. The molecule has 0 aromatic carbocycles. The first kappa shape index (κ1) is 15.1. The van der Waals surface area contributed by atoms with Crippen molar-refractivity contribution in [2.45, 2.75) is 51.3 Å². The van der Waals surface area contributed by atoms with E-state index < -0.39 is 35.7 Å². The summed E-state index contributed by atoms with van der Waals surface area (Å²) in [5.74, 6) is -1.57. The smallest absolute Gasteiger partial charge is 0.407 e. The standard InChI is InChI=1S/C11H18N4O4/c1-11(2,3)19-10(18)13-7-4-6(9(16)17)5-8(7)14-15-12/h6-8H,4-5H2,1-3H3,(H,13,18)(H,16,17)/t6?,7-,8+/m1/s1. The van der Waals surface area contributed by atoms with Crippen molar-refractivity contribution in [2.24, 2.45) is 11.0 Å². The van der Waals surface area contributed by atoms with Gasteiger partial charge < -0.3 is 15.2 Å². The molecule has 19 heavy (non-hydrogen) atoms. The van der Waals surface area contributed by atoms with Gasteiger partial charge in [-0.25, -0.2) is 4.79 Å². The van der Waals surface area contributed by atoms with Gasteiger partial charge in [-0.1, -0.05) is 5.11 Å². The van der Waals surface area contributed by atoms with E-state index in [9.17, 15) is 9.59 Å². The maximum absolute atomic E-state index is 11.6. The van der Waals surface area contributed by atoms with E-state index in [1.807, 2.05) is 0 Å². The topological polar surface area (TPSA) is 124 Å². The highest BCUT2D eigenvalue weighted by molar-refractivity contribution is 5.72. The molecular formula is C11H18N4O4. The number of aliphatic carboxylic acids is 1. The number of alkyl carbamates (subject to hydrolysis) is 1. The zero-order valence-electron chi connectivity index (χ0n) is 11.2. The molecule has 0 bridgehead atoms. The molecule has 0 aliphatic heterocycles. The van der Waals surface area contributed by atoms with Gasteiger partial charge in [-0.15, -0.1) is 0 Å². The van der Waals surface area contributed by atoms with Gasteiger partial charge in [0.25, 0.3) is 0 Å². The van der Waals surface area contributed by atoms with Crippen molar-refractivity contribution < 1.29 is 19.4 Å². The number of carboxylic acid groups (broad SMARTS) is 1. The number of carbonyl (C=O) groups is 2. The van der Waals surface area contributed by atoms with E-state index in [0.29, 0.717) is 0 Å². The third-order valence-corrected chi connectivity index (χ3v) is 2.78. The molecule has 2 N–H and O–H groups in total. The van der Waals surface area contributed by atoms with Crippen molar-refractivity contribution in [3.05, 3.63) is 10.4 Å². The van der Waals surface area contributed by atoms with Gasteiger partial charge in [0.05, 0.1) is 12.0 Å². The Labute approximate surface area is 110 Å². The average molecular weight is 270 g/mol. The third-order valence-electron chi connectivity index (χ3n) is 2.78. The largest absolute Gasteiger partial charge is 0.481 e. The minimum atomic E-state index is -0.952. The average Bonchev–Trinajstić information content (AvgIpc) is 2.59. The van der Waals surface area contributed by atoms with Gasteiger partial charge in [0.1, 0.15) is 5.60 Å². The molecule has 1 saturated carbocycles. The Kier molecular flexibility index (Phi) is 4.61. The Bertz CT molecular complexity index is 411. The first-order valence-electron chi connectivity index (χ1n) is 5.99. The highest BCUT2D eigenvalue weighted by atomic mass is 16.6. The van der Waals surface area contributed by atoms with Crippen molar-refractivity contribution in [1.82, 2.24) is 5.32 Å².